The Balaban J connectivity index is 1.49. The molecule has 24 heavy (non-hydrogen) atoms. The van der Waals surface area contributed by atoms with Gasteiger partial charge in [0.05, 0.1) is 5.75 Å². The van der Waals surface area contributed by atoms with Gasteiger partial charge in [-0.1, -0.05) is 41.3 Å². The Morgan fingerprint density at radius 1 is 1.25 bits per heavy atom. The van der Waals surface area contributed by atoms with Crippen molar-refractivity contribution in [3.8, 4) is 0 Å². The molecular formula is C16H16N4OS3. The fraction of sp³-hybridized carbons (Fsp3) is 0.188. The van der Waals surface area contributed by atoms with Crippen molar-refractivity contribution in [2.75, 3.05) is 18.1 Å². The van der Waals surface area contributed by atoms with Crippen LogP contribution >= 0.6 is 34.4 Å². The molecule has 5 nitrogen and oxygen atoms in total. The fourth-order valence-corrected chi connectivity index (χ4v) is 4.31. The molecule has 0 unspecified atom stereocenters. The number of benzene rings is 1. The second kappa shape index (κ2) is 8.27. The summed E-state index contributed by atoms with van der Waals surface area (Å²) in [5, 5.41) is 16.2. The molecule has 2 aromatic heterocycles. The van der Waals surface area contributed by atoms with Crippen LogP contribution in [0.4, 0.5) is 10.8 Å². The summed E-state index contributed by atoms with van der Waals surface area (Å²) in [7, 11) is 1.82. The number of nitrogens with one attached hydrogen (secondary N) is 1. The van der Waals surface area contributed by atoms with E-state index >= 15 is 0 Å². The summed E-state index contributed by atoms with van der Waals surface area (Å²) in [6, 6.07) is 11.9. The lowest BCUT2D eigenvalue weighted by molar-refractivity contribution is -0.127. The maximum Gasteiger partial charge on any atom is 0.233 e. The van der Waals surface area contributed by atoms with Gasteiger partial charge in [0.1, 0.15) is 0 Å². The van der Waals surface area contributed by atoms with Gasteiger partial charge in [0.2, 0.25) is 11.0 Å². The first kappa shape index (κ1) is 16.9. The van der Waals surface area contributed by atoms with Crippen LogP contribution in [-0.2, 0) is 11.3 Å². The Labute approximate surface area is 152 Å². The fourth-order valence-electron chi connectivity index (χ4n) is 1.94. The Hall–Kier alpha value is -1.90. The monoisotopic (exact) mass is 376 g/mol. The Kier molecular flexibility index (Phi) is 5.84. The van der Waals surface area contributed by atoms with Gasteiger partial charge in [-0.05, 0) is 34.5 Å². The van der Waals surface area contributed by atoms with Gasteiger partial charge < -0.3 is 10.2 Å². The number of carbonyl (C=O) groups excluding carboxylic acids is 1. The molecule has 0 atom stereocenters. The number of thiophene rings is 1. The lowest BCUT2D eigenvalue weighted by Gasteiger charge is -2.15. The molecule has 124 valence electrons. The number of rotatable bonds is 7. The van der Waals surface area contributed by atoms with E-state index in [1.165, 1.54) is 23.1 Å². The number of carbonyl (C=O) groups is 1. The van der Waals surface area contributed by atoms with E-state index in [0.717, 1.165) is 20.7 Å². The maximum absolute atomic E-state index is 12.2. The van der Waals surface area contributed by atoms with E-state index in [-0.39, 0.29) is 5.91 Å². The van der Waals surface area contributed by atoms with E-state index in [0.29, 0.717) is 12.3 Å². The standard InChI is InChI=1S/C16H16N4OS3/c1-20(9-12-7-8-22-10-12)14(21)11-23-16-19-18-15(24-16)17-13-5-3-2-4-6-13/h2-8,10H,9,11H2,1H3,(H,17,18). The van der Waals surface area contributed by atoms with Crippen LogP contribution < -0.4 is 5.32 Å². The summed E-state index contributed by atoms with van der Waals surface area (Å²) in [5.41, 5.74) is 2.13. The van der Waals surface area contributed by atoms with E-state index in [1.807, 2.05) is 48.8 Å². The predicted octanol–water partition coefficient (Wildman–Crippen LogP) is 4.09. The summed E-state index contributed by atoms with van der Waals surface area (Å²) in [5.74, 6) is 0.444. The van der Waals surface area contributed by atoms with Crippen molar-refractivity contribution < 1.29 is 4.79 Å². The number of hydrogen-bond acceptors (Lipinski definition) is 7. The number of anilines is 2. The summed E-state index contributed by atoms with van der Waals surface area (Å²) >= 11 is 4.50. The van der Waals surface area contributed by atoms with Crippen LogP contribution in [-0.4, -0.2) is 33.8 Å². The van der Waals surface area contributed by atoms with Gasteiger partial charge in [0.15, 0.2) is 4.34 Å². The lowest BCUT2D eigenvalue weighted by Crippen LogP contribution is -2.27. The topological polar surface area (TPSA) is 58.1 Å². The zero-order valence-electron chi connectivity index (χ0n) is 13.0. The van der Waals surface area contributed by atoms with Crippen LogP contribution in [0.5, 0.6) is 0 Å². The first-order valence-electron chi connectivity index (χ1n) is 7.24. The number of hydrogen-bond donors (Lipinski definition) is 1. The Morgan fingerprint density at radius 2 is 2.08 bits per heavy atom. The molecule has 1 amide bonds. The van der Waals surface area contributed by atoms with Crippen LogP contribution in [0, 0.1) is 0 Å². The summed E-state index contributed by atoms with van der Waals surface area (Å²) in [6.45, 7) is 0.639. The average molecular weight is 377 g/mol. The zero-order chi connectivity index (χ0) is 16.8. The number of aromatic nitrogens is 2. The molecule has 0 fully saturated rings. The van der Waals surface area contributed by atoms with Crippen molar-refractivity contribution in [3.63, 3.8) is 0 Å². The van der Waals surface area contributed by atoms with Gasteiger partial charge in [-0.25, -0.2) is 0 Å². The van der Waals surface area contributed by atoms with E-state index in [2.05, 4.69) is 20.9 Å². The molecule has 0 aliphatic heterocycles. The van der Waals surface area contributed by atoms with Crippen LogP contribution in [0.2, 0.25) is 0 Å². The van der Waals surface area contributed by atoms with Crippen molar-refractivity contribution >= 4 is 51.2 Å². The summed E-state index contributed by atoms with van der Waals surface area (Å²) in [4.78, 5) is 13.9. The highest BCUT2D eigenvalue weighted by atomic mass is 32.2. The Bertz CT molecular complexity index is 774. The average Bonchev–Trinajstić information content (AvgIpc) is 3.25. The molecule has 0 aliphatic rings. The van der Waals surface area contributed by atoms with Gasteiger partial charge in [-0.3, -0.25) is 4.79 Å². The van der Waals surface area contributed by atoms with Crippen molar-refractivity contribution in [1.82, 2.24) is 15.1 Å². The largest absolute Gasteiger partial charge is 0.341 e. The quantitative estimate of drug-likeness (QED) is 0.629. The number of nitrogens with zero attached hydrogens (tertiary/aromatic N) is 3. The smallest absolute Gasteiger partial charge is 0.233 e. The van der Waals surface area contributed by atoms with Gasteiger partial charge in [-0.2, -0.15) is 11.3 Å². The van der Waals surface area contributed by atoms with E-state index in [1.54, 1.807) is 16.2 Å². The van der Waals surface area contributed by atoms with Crippen molar-refractivity contribution in [1.29, 1.82) is 0 Å². The SMILES string of the molecule is CN(Cc1ccsc1)C(=O)CSc1nnc(Nc2ccccc2)s1. The molecule has 0 bridgehead atoms. The molecule has 0 radical (unpaired) electrons. The third kappa shape index (κ3) is 4.80. The van der Waals surface area contributed by atoms with Crippen molar-refractivity contribution in [2.45, 2.75) is 10.9 Å². The molecule has 0 saturated carbocycles. The molecule has 0 spiro atoms. The molecule has 8 heteroatoms. The predicted molar refractivity (Wildman–Crippen MR) is 101 cm³/mol. The maximum atomic E-state index is 12.2. The molecule has 0 aliphatic carbocycles. The van der Waals surface area contributed by atoms with Crippen LogP contribution in [0.1, 0.15) is 5.56 Å². The van der Waals surface area contributed by atoms with Crippen LogP contribution in [0.3, 0.4) is 0 Å². The van der Waals surface area contributed by atoms with E-state index < -0.39 is 0 Å². The second-order valence-electron chi connectivity index (χ2n) is 5.03. The van der Waals surface area contributed by atoms with Crippen molar-refractivity contribution in [3.05, 3.63) is 52.7 Å². The highest BCUT2D eigenvalue weighted by Crippen LogP contribution is 2.27. The third-order valence-electron chi connectivity index (χ3n) is 3.18. The van der Waals surface area contributed by atoms with Crippen LogP contribution in [0.25, 0.3) is 0 Å². The molecule has 3 rings (SSSR count). The molecule has 1 aromatic carbocycles. The van der Waals surface area contributed by atoms with E-state index in [4.69, 9.17) is 0 Å². The molecule has 3 aromatic rings. The third-order valence-corrected chi connectivity index (χ3v) is 5.87. The van der Waals surface area contributed by atoms with Crippen molar-refractivity contribution in [2.24, 2.45) is 0 Å². The lowest BCUT2D eigenvalue weighted by atomic mass is 10.3. The Morgan fingerprint density at radius 3 is 2.83 bits per heavy atom. The number of para-hydroxylation sites is 1. The normalized spacial score (nSPS) is 10.5. The van der Waals surface area contributed by atoms with E-state index in [9.17, 15) is 4.79 Å². The molecular weight excluding hydrogens is 360 g/mol. The second-order valence-corrected chi connectivity index (χ2v) is 8.01. The first-order valence-corrected chi connectivity index (χ1v) is 9.98. The first-order chi connectivity index (χ1) is 11.7. The minimum atomic E-state index is 0.0824. The minimum absolute atomic E-state index is 0.0824. The zero-order valence-corrected chi connectivity index (χ0v) is 15.5. The minimum Gasteiger partial charge on any atom is -0.341 e. The van der Waals surface area contributed by atoms with Gasteiger partial charge in [0, 0.05) is 19.3 Å². The molecule has 2 heterocycles. The molecule has 1 N–H and O–H groups in total. The summed E-state index contributed by atoms with van der Waals surface area (Å²) in [6.07, 6.45) is 0. The van der Waals surface area contributed by atoms with Gasteiger partial charge in [0.25, 0.3) is 0 Å². The number of amides is 1. The number of thioether (sulfide) groups is 1. The van der Waals surface area contributed by atoms with Gasteiger partial charge in [-0.15, -0.1) is 10.2 Å². The highest BCUT2D eigenvalue weighted by Gasteiger charge is 2.12. The summed E-state index contributed by atoms with van der Waals surface area (Å²) < 4.78 is 0.783. The van der Waals surface area contributed by atoms with Gasteiger partial charge >= 0.3 is 0 Å². The molecule has 0 saturated heterocycles. The van der Waals surface area contributed by atoms with Crippen LogP contribution in [0.15, 0.2) is 51.5 Å². The highest BCUT2D eigenvalue weighted by molar-refractivity contribution is 8.01.